The lowest BCUT2D eigenvalue weighted by Crippen LogP contribution is -2.43. The lowest BCUT2D eigenvalue weighted by molar-refractivity contribution is -0.119. The molecule has 4 rings (SSSR count). The number of thiazole rings is 1. The van der Waals surface area contributed by atoms with Gasteiger partial charge in [-0.05, 0) is 50.5 Å². The number of hydrogen-bond donors (Lipinski definition) is 1. The molecule has 9 heteroatoms. The van der Waals surface area contributed by atoms with Crippen LogP contribution in [-0.2, 0) is 14.8 Å². The van der Waals surface area contributed by atoms with Gasteiger partial charge in [-0.3, -0.25) is 4.79 Å². The highest BCUT2D eigenvalue weighted by Gasteiger charge is 2.39. The Morgan fingerprint density at radius 2 is 1.93 bits per heavy atom. The molecule has 0 aliphatic carbocycles. The third-order valence-electron chi connectivity index (χ3n) is 5.06. The van der Waals surface area contributed by atoms with Crippen molar-refractivity contribution in [1.29, 1.82) is 0 Å². The molecule has 3 aromatic rings. The summed E-state index contributed by atoms with van der Waals surface area (Å²) in [5.41, 5.74) is 2.68. The fourth-order valence-electron chi connectivity index (χ4n) is 3.48. The lowest BCUT2D eigenvalue weighted by atomic mass is 10.2. The van der Waals surface area contributed by atoms with Crippen LogP contribution in [0.5, 0.6) is 0 Å². The molecule has 1 aromatic heterocycles. The van der Waals surface area contributed by atoms with Crippen molar-refractivity contribution in [3.8, 4) is 0 Å². The van der Waals surface area contributed by atoms with Crippen LogP contribution in [0.25, 0.3) is 10.2 Å². The monoisotopic (exact) mass is 449 g/mol. The zero-order valence-electron chi connectivity index (χ0n) is 16.0. The van der Waals surface area contributed by atoms with Crippen molar-refractivity contribution < 1.29 is 13.2 Å². The van der Waals surface area contributed by atoms with Gasteiger partial charge in [-0.1, -0.05) is 46.7 Å². The van der Waals surface area contributed by atoms with Gasteiger partial charge in [0.05, 0.1) is 20.1 Å². The van der Waals surface area contributed by atoms with Crippen molar-refractivity contribution in [3.05, 3.63) is 52.5 Å². The number of nitrogens with one attached hydrogen (secondary N) is 1. The quantitative estimate of drug-likeness (QED) is 0.641. The summed E-state index contributed by atoms with van der Waals surface area (Å²) in [4.78, 5) is 17.6. The number of rotatable bonds is 4. The normalized spacial score (nSPS) is 17.7. The third-order valence-corrected chi connectivity index (χ3v) is 8.41. The van der Waals surface area contributed by atoms with E-state index in [-0.39, 0.29) is 10.8 Å². The van der Waals surface area contributed by atoms with Crippen LogP contribution >= 0.6 is 22.9 Å². The largest absolute Gasteiger partial charge is 0.301 e. The predicted octanol–water partition coefficient (Wildman–Crippen LogP) is 4.36. The highest BCUT2D eigenvalue weighted by Crippen LogP contribution is 2.34. The van der Waals surface area contributed by atoms with Gasteiger partial charge in [-0.15, -0.1) is 0 Å². The molecule has 1 unspecified atom stereocenters. The van der Waals surface area contributed by atoms with Crippen molar-refractivity contribution in [2.75, 3.05) is 11.9 Å². The maximum absolute atomic E-state index is 13.1. The number of amides is 1. The number of sulfonamides is 1. The number of anilines is 1. The van der Waals surface area contributed by atoms with E-state index in [1.807, 2.05) is 19.9 Å². The first-order chi connectivity index (χ1) is 13.8. The van der Waals surface area contributed by atoms with Crippen molar-refractivity contribution in [2.24, 2.45) is 0 Å². The molecule has 1 fully saturated rings. The fraction of sp³-hybridized carbons (Fsp3) is 0.300. The molecule has 152 valence electrons. The zero-order chi connectivity index (χ0) is 20.8. The van der Waals surface area contributed by atoms with Gasteiger partial charge in [0.15, 0.2) is 5.13 Å². The van der Waals surface area contributed by atoms with Crippen molar-refractivity contribution >= 4 is 54.2 Å². The molecular weight excluding hydrogens is 430 g/mol. The molecule has 1 atom stereocenters. The van der Waals surface area contributed by atoms with Gasteiger partial charge >= 0.3 is 0 Å². The Labute approximate surface area is 178 Å². The Bertz CT molecular complexity index is 1150. The van der Waals surface area contributed by atoms with E-state index >= 15 is 0 Å². The summed E-state index contributed by atoms with van der Waals surface area (Å²) in [5, 5.41) is 3.79. The molecule has 29 heavy (non-hydrogen) atoms. The second-order valence-corrected chi connectivity index (χ2v) is 10.4. The van der Waals surface area contributed by atoms with Crippen molar-refractivity contribution in [3.63, 3.8) is 0 Å². The SMILES string of the molecule is Cc1ccc(S(=O)(=O)N2CCCC2C(=O)Nc2nc3c(C)ccc(Cl)c3s2)cc1. The average molecular weight is 450 g/mol. The molecule has 6 nitrogen and oxygen atoms in total. The second-order valence-electron chi connectivity index (χ2n) is 7.14. The maximum Gasteiger partial charge on any atom is 0.244 e. The van der Waals surface area contributed by atoms with Crippen LogP contribution in [0.4, 0.5) is 5.13 Å². The van der Waals surface area contributed by atoms with Gasteiger partial charge in [0.25, 0.3) is 0 Å². The minimum absolute atomic E-state index is 0.199. The van der Waals surface area contributed by atoms with E-state index in [1.54, 1.807) is 30.3 Å². The molecule has 0 saturated carbocycles. The molecule has 1 aliphatic rings. The summed E-state index contributed by atoms with van der Waals surface area (Å²) < 4.78 is 28.2. The number of nitrogens with zero attached hydrogens (tertiary/aromatic N) is 2. The number of aryl methyl sites for hydroxylation is 2. The summed E-state index contributed by atoms with van der Waals surface area (Å²) in [6.45, 7) is 4.14. The minimum atomic E-state index is -3.75. The molecule has 1 saturated heterocycles. The first-order valence-corrected chi connectivity index (χ1v) is 11.9. The number of carbonyl (C=O) groups excluding carboxylic acids is 1. The van der Waals surface area contributed by atoms with Gasteiger partial charge in [-0.2, -0.15) is 4.31 Å². The zero-order valence-corrected chi connectivity index (χ0v) is 18.4. The number of aromatic nitrogens is 1. The highest BCUT2D eigenvalue weighted by atomic mass is 35.5. The molecule has 2 aromatic carbocycles. The van der Waals surface area contributed by atoms with E-state index in [0.717, 1.165) is 21.3 Å². The highest BCUT2D eigenvalue weighted by molar-refractivity contribution is 7.89. The Balaban J connectivity index is 1.59. The van der Waals surface area contributed by atoms with E-state index in [4.69, 9.17) is 11.6 Å². The number of fused-ring (bicyclic) bond motifs is 1. The maximum atomic E-state index is 13.1. The van der Waals surface area contributed by atoms with E-state index in [0.29, 0.717) is 29.5 Å². The van der Waals surface area contributed by atoms with E-state index in [2.05, 4.69) is 10.3 Å². The first-order valence-electron chi connectivity index (χ1n) is 9.22. The lowest BCUT2D eigenvalue weighted by Gasteiger charge is -2.23. The Morgan fingerprint density at radius 3 is 2.62 bits per heavy atom. The van der Waals surface area contributed by atoms with Gasteiger partial charge in [0, 0.05) is 6.54 Å². The van der Waals surface area contributed by atoms with Crippen molar-refractivity contribution in [1.82, 2.24) is 9.29 Å². The Kier molecular flexibility index (Phi) is 5.37. The van der Waals surface area contributed by atoms with Crippen LogP contribution < -0.4 is 5.32 Å². The van der Waals surface area contributed by atoms with Gasteiger partial charge in [-0.25, -0.2) is 13.4 Å². The Hall–Kier alpha value is -2.00. The standard InChI is InChI=1S/C20H20ClN3O3S2/c1-12-5-8-14(9-6-12)29(26,27)24-11-3-4-16(24)19(25)23-20-22-17-13(2)7-10-15(21)18(17)28-20/h5-10,16H,3-4,11H2,1-2H3,(H,22,23,25). The van der Waals surface area contributed by atoms with Gasteiger partial charge in [0.1, 0.15) is 6.04 Å². The van der Waals surface area contributed by atoms with Crippen LogP contribution in [0.3, 0.4) is 0 Å². The predicted molar refractivity (Wildman–Crippen MR) is 116 cm³/mol. The smallest absolute Gasteiger partial charge is 0.244 e. The second kappa shape index (κ2) is 7.68. The van der Waals surface area contributed by atoms with E-state index in [9.17, 15) is 13.2 Å². The molecule has 1 amide bonds. The number of benzene rings is 2. The fourth-order valence-corrected chi connectivity index (χ4v) is 6.36. The van der Waals surface area contributed by atoms with E-state index in [1.165, 1.54) is 15.6 Å². The minimum Gasteiger partial charge on any atom is -0.301 e. The number of halogens is 1. The molecule has 0 bridgehead atoms. The molecule has 1 N–H and O–H groups in total. The molecular formula is C20H20ClN3O3S2. The topological polar surface area (TPSA) is 79.4 Å². The summed E-state index contributed by atoms with van der Waals surface area (Å²) in [6.07, 6.45) is 1.11. The van der Waals surface area contributed by atoms with Crippen molar-refractivity contribution in [2.45, 2.75) is 37.6 Å². The third kappa shape index (κ3) is 3.77. The van der Waals surface area contributed by atoms with Crippen LogP contribution in [-0.4, -0.2) is 36.2 Å². The van der Waals surface area contributed by atoms with Gasteiger partial charge in [0.2, 0.25) is 15.9 Å². The van der Waals surface area contributed by atoms with Crippen LogP contribution in [0.1, 0.15) is 24.0 Å². The molecule has 0 spiro atoms. The average Bonchev–Trinajstić information content (AvgIpc) is 3.33. The van der Waals surface area contributed by atoms with E-state index < -0.39 is 16.1 Å². The molecule has 0 radical (unpaired) electrons. The molecule has 1 aliphatic heterocycles. The van der Waals surface area contributed by atoms with Crippen LogP contribution in [0.2, 0.25) is 5.02 Å². The molecule has 2 heterocycles. The Morgan fingerprint density at radius 1 is 1.21 bits per heavy atom. The van der Waals surface area contributed by atoms with Gasteiger partial charge < -0.3 is 5.32 Å². The van der Waals surface area contributed by atoms with Crippen LogP contribution in [0.15, 0.2) is 41.3 Å². The number of hydrogen-bond acceptors (Lipinski definition) is 5. The summed E-state index contributed by atoms with van der Waals surface area (Å²) in [5.74, 6) is -0.369. The summed E-state index contributed by atoms with van der Waals surface area (Å²) in [7, 11) is -3.75. The summed E-state index contributed by atoms with van der Waals surface area (Å²) >= 11 is 7.53. The first kappa shape index (κ1) is 20.3. The van der Waals surface area contributed by atoms with Crippen LogP contribution in [0, 0.1) is 13.8 Å². The summed E-state index contributed by atoms with van der Waals surface area (Å²) in [6, 6.07) is 9.59. The number of carbonyl (C=O) groups is 1.